The van der Waals surface area contributed by atoms with E-state index in [4.69, 9.17) is 20.4 Å². The molecule has 1 aliphatic heterocycles. The van der Waals surface area contributed by atoms with E-state index in [-0.39, 0.29) is 0 Å². The highest BCUT2D eigenvalue weighted by Crippen LogP contribution is 2.18. The Labute approximate surface area is 57.5 Å². The lowest BCUT2D eigenvalue weighted by molar-refractivity contribution is -0.132. The van der Waals surface area contributed by atoms with Gasteiger partial charge in [0, 0.05) is 0 Å². The van der Waals surface area contributed by atoms with Gasteiger partial charge in [0.25, 0.3) is 0 Å². The van der Waals surface area contributed by atoms with Crippen LogP contribution in [0.25, 0.3) is 0 Å². The van der Waals surface area contributed by atoms with Gasteiger partial charge in [-0.05, 0) is 0 Å². The summed E-state index contributed by atoms with van der Waals surface area (Å²) in [5.41, 5.74) is 0. The molecule has 1 heterocycles. The number of aliphatic hydroxyl groups is 4. The first kappa shape index (κ1) is 7.90. The van der Waals surface area contributed by atoms with Crippen molar-refractivity contribution in [3.05, 3.63) is 0 Å². The van der Waals surface area contributed by atoms with Gasteiger partial charge in [0.2, 0.25) is 0 Å². The summed E-state index contributed by atoms with van der Waals surface area (Å²) in [7, 11) is 0. The summed E-state index contributed by atoms with van der Waals surface area (Å²) in [6.45, 7) is -0.407. The fourth-order valence-electron chi connectivity index (χ4n) is 0.880. The first-order valence-electron chi connectivity index (χ1n) is 2.97. The summed E-state index contributed by atoms with van der Waals surface area (Å²) in [5.74, 6) is 0. The zero-order valence-corrected chi connectivity index (χ0v) is 5.21. The van der Waals surface area contributed by atoms with Crippen LogP contribution in [0.1, 0.15) is 0 Å². The molecule has 0 spiro atoms. The monoisotopic (exact) mass is 150 g/mol. The van der Waals surface area contributed by atoms with Crippen molar-refractivity contribution in [2.75, 3.05) is 6.61 Å². The van der Waals surface area contributed by atoms with Crippen molar-refractivity contribution in [2.45, 2.75) is 24.6 Å². The van der Waals surface area contributed by atoms with Gasteiger partial charge in [-0.25, -0.2) is 0 Å². The Morgan fingerprint density at radius 2 is 1.70 bits per heavy atom. The van der Waals surface area contributed by atoms with Crippen molar-refractivity contribution in [3.63, 3.8) is 0 Å². The van der Waals surface area contributed by atoms with Crippen molar-refractivity contribution in [1.82, 2.24) is 0 Å². The standard InChI is InChI=1S/C5H10O5/c6-1-2-3(7)4(8)5(9)10-2/h2-9H,1H2/t2-,3?,4+,5?/m0/s1. The van der Waals surface area contributed by atoms with E-state index < -0.39 is 31.2 Å². The molecule has 60 valence electrons. The normalized spacial score (nSPS) is 48.0. The molecule has 0 radical (unpaired) electrons. The Balaban J connectivity index is 2.53. The quantitative estimate of drug-likeness (QED) is 0.329. The van der Waals surface area contributed by atoms with Crippen LogP contribution in [-0.2, 0) is 4.74 Å². The van der Waals surface area contributed by atoms with Gasteiger partial charge in [0.1, 0.15) is 18.3 Å². The van der Waals surface area contributed by atoms with Crippen LogP contribution < -0.4 is 0 Å². The Kier molecular flexibility index (Phi) is 2.22. The first-order valence-corrected chi connectivity index (χ1v) is 2.97. The zero-order chi connectivity index (χ0) is 7.72. The lowest BCUT2D eigenvalue weighted by atomic mass is 10.1. The Morgan fingerprint density at radius 3 is 1.90 bits per heavy atom. The molecule has 2 unspecified atom stereocenters. The largest absolute Gasteiger partial charge is 0.394 e. The molecule has 1 fully saturated rings. The molecule has 0 aromatic heterocycles. The average Bonchev–Trinajstić information content (AvgIpc) is 2.17. The van der Waals surface area contributed by atoms with Crippen LogP contribution >= 0.6 is 0 Å². The highest BCUT2D eigenvalue weighted by Gasteiger charge is 2.41. The average molecular weight is 150 g/mol. The van der Waals surface area contributed by atoms with Crippen LogP contribution in [0.15, 0.2) is 0 Å². The van der Waals surface area contributed by atoms with Gasteiger partial charge in [-0.1, -0.05) is 0 Å². The molecule has 5 nitrogen and oxygen atoms in total. The van der Waals surface area contributed by atoms with Gasteiger partial charge >= 0.3 is 0 Å². The molecule has 1 saturated heterocycles. The molecule has 1 aliphatic rings. The van der Waals surface area contributed by atoms with E-state index in [1.54, 1.807) is 0 Å². The molecule has 0 bridgehead atoms. The van der Waals surface area contributed by atoms with Crippen LogP contribution in [0.5, 0.6) is 0 Å². The van der Waals surface area contributed by atoms with Gasteiger partial charge in [-0.3, -0.25) is 0 Å². The summed E-state index contributed by atoms with van der Waals surface area (Å²) in [6, 6.07) is 0. The van der Waals surface area contributed by atoms with Crippen molar-refractivity contribution in [2.24, 2.45) is 0 Å². The Morgan fingerprint density at radius 1 is 1.10 bits per heavy atom. The highest BCUT2D eigenvalue weighted by molar-refractivity contribution is 4.84. The third kappa shape index (κ3) is 1.14. The lowest BCUT2D eigenvalue weighted by Gasteiger charge is -2.09. The van der Waals surface area contributed by atoms with Crippen LogP contribution in [-0.4, -0.2) is 51.6 Å². The second-order valence-corrected chi connectivity index (χ2v) is 2.23. The topological polar surface area (TPSA) is 90.2 Å². The number of rotatable bonds is 1. The summed E-state index contributed by atoms with van der Waals surface area (Å²) in [5, 5.41) is 35.0. The Bertz CT molecular complexity index is 117. The van der Waals surface area contributed by atoms with E-state index >= 15 is 0 Å². The van der Waals surface area contributed by atoms with E-state index in [9.17, 15) is 0 Å². The second kappa shape index (κ2) is 2.81. The third-order valence-electron chi connectivity index (χ3n) is 1.52. The summed E-state index contributed by atoms with van der Waals surface area (Å²) < 4.78 is 4.54. The molecular formula is C5H10O5. The lowest BCUT2D eigenvalue weighted by Crippen LogP contribution is -2.33. The minimum absolute atomic E-state index is 0.407. The van der Waals surface area contributed by atoms with E-state index in [0.717, 1.165) is 0 Å². The van der Waals surface area contributed by atoms with Gasteiger partial charge in [-0.15, -0.1) is 0 Å². The van der Waals surface area contributed by atoms with Gasteiger partial charge < -0.3 is 25.2 Å². The van der Waals surface area contributed by atoms with E-state index in [1.807, 2.05) is 0 Å². The SMILES string of the molecule is OC[C@@H]1OC(O)[C@H](O)C1O. The summed E-state index contributed by atoms with van der Waals surface area (Å²) >= 11 is 0. The molecule has 0 amide bonds. The van der Waals surface area contributed by atoms with Crippen LogP contribution in [0.3, 0.4) is 0 Å². The van der Waals surface area contributed by atoms with E-state index in [2.05, 4.69) is 4.74 Å². The predicted octanol–water partition coefficient (Wildman–Crippen LogP) is -2.58. The van der Waals surface area contributed by atoms with Gasteiger partial charge in [0.15, 0.2) is 6.29 Å². The summed E-state index contributed by atoms with van der Waals surface area (Å²) in [4.78, 5) is 0. The second-order valence-electron chi connectivity index (χ2n) is 2.23. The zero-order valence-electron chi connectivity index (χ0n) is 5.21. The summed E-state index contributed by atoms with van der Waals surface area (Å²) in [6.07, 6.45) is -4.76. The predicted molar refractivity (Wildman–Crippen MR) is 30.0 cm³/mol. The van der Waals surface area contributed by atoms with Crippen molar-refractivity contribution in [1.29, 1.82) is 0 Å². The molecule has 4 atom stereocenters. The molecule has 0 aromatic rings. The maximum absolute atomic E-state index is 8.93. The number of hydrogen-bond acceptors (Lipinski definition) is 5. The Hall–Kier alpha value is -0.200. The van der Waals surface area contributed by atoms with E-state index in [0.29, 0.717) is 0 Å². The maximum Gasteiger partial charge on any atom is 0.184 e. The van der Waals surface area contributed by atoms with Crippen molar-refractivity contribution in [3.8, 4) is 0 Å². The number of aliphatic hydroxyl groups excluding tert-OH is 4. The number of hydrogen-bond donors (Lipinski definition) is 4. The fourth-order valence-corrected chi connectivity index (χ4v) is 0.880. The maximum atomic E-state index is 8.93. The van der Waals surface area contributed by atoms with Crippen LogP contribution in [0, 0.1) is 0 Å². The smallest absolute Gasteiger partial charge is 0.184 e. The fraction of sp³-hybridized carbons (Fsp3) is 1.00. The minimum Gasteiger partial charge on any atom is -0.394 e. The number of ether oxygens (including phenoxy) is 1. The van der Waals surface area contributed by atoms with Crippen LogP contribution in [0.4, 0.5) is 0 Å². The minimum atomic E-state index is -1.38. The molecule has 0 aliphatic carbocycles. The molecule has 4 N–H and O–H groups in total. The highest BCUT2D eigenvalue weighted by atomic mass is 16.6. The van der Waals surface area contributed by atoms with Crippen LogP contribution in [0.2, 0.25) is 0 Å². The van der Waals surface area contributed by atoms with E-state index in [1.165, 1.54) is 0 Å². The molecular weight excluding hydrogens is 140 g/mol. The molecule has 5 heteroatoms. The van der Waals surface area contributed by atoms with Gasteiger partial charge in [-0.2, -0.15) is 0 Å². The molecule has 0 saturated carbocycles. The molecule has 1 rings (SSSR count). The molecule has 0 aromatic carbocycles. The molecule has 10 heavy (non-hydrogen) atoms. The van der Waals surface area contributed by atoms with Gasteiger partial charge in [0.05, 0.1) is 6.61 Å². The first-order chi connectivity index (χ1) is 4.66. The van der Waals surface area contributed by atoms with Crippen molar-refractivity contribution >= 4 is 0 Å². The third-order valence-corrected chi connectivity index (χ3v) is 1.52. The van der Waals surface area contributed by atoms with Crippen molar-refractivity contribution < 1.29 is 25.2 Å².